The Labute approximate surface area is 132 Å². The van der Waals surface area contributed by atoms with Crippen LogP contribution in [-0.2, 0) is 11.2 Å². The first-order valence-electron chi connectivity index (χ1n) is 7.83. The summed E-state index contributed by atoms with van der Waals surface area (Å²) >= 11 is 0. The summed E-state index contributed by atoms with van der Waals surface area (Å²) in [6.07, 6.45) is 0.949. The lowest BCUT2D eigenvalue weighted by atomic mass is 10.0. The van der Waals surface area contributed by atoms with Crippen molar-refractivity contribution in [2.24, 2.45) is 5.10 Å². The minimum Gasteiger partial charge on any atom is -0.474 e. The molecule has 3 rings (SSSR count). The third-order valence-electron chi connectivity index (χ3n) is 3.86. The van der Waals surface area contributed by atoms with Gasteiger partial charge in [-0.25, -0.2) is 0 Å². The number of hydrogen-bond donors (Lipinski definition) is 0. The molecule has 1 aliphatic heterocycles. The van der Waals surface area contributed by atoms with E-state index in [9.17, 15) is 0 Å². The zero-order chi connectivity index (χ0) is 15.4. The van der Waals surface area contributed by atoms with Crippen LogP contribution in [0.15, 0.2) is 65.8 Å². The summed E-state index contributed by atoms with van der Waals surface area (Å²) in [6, 6.07) is 21.3. The molecule has 0 bridgehead atoms. The molecule has 1 heterocycles. The predicted octanol–water partition coefficient (Wildman–Crippen LogP) is 3.70. The van der Waals surface area contributed by atoms with Gasteiger partial charge in [-0.15, -0.1) is 5.10 Å². The second-order valence-electron chi connectivity index (χ2n) is 5.90. The number of rotatable bonds is 4. The Hall–Kier alpha value is -2.29. The first-order valence-corrected chi connectivity index (χ1v) is 7.83. The van der Waals surface area contributed by atoms with Gasteiger partial charge in [0.15, 0.2) is 0 Å². The van der Waals surface area contributed by atoms with Gasteiger partial charge in [-0.2, -0.15) is 0 Å². The van der Waals surface area contributed by atoms with Gasteiger partial charge in [0, 0.05) is 11.6 Å². The Bertz CT molecular complexity index is 622. The molecule has 22 heavy (non-hydrogen) atoms. The Morgan fingerprint density at radius 2 is 1.68 bits per heavy atom. The van der Waals surface area contributed by atoms with Crippen LogP contribution >= 0.6 is 0 Å². The molecule has 0 fully saturated rings. The van der Waals surface area contributed by atoms with Crippen LogP contribution < -0.4 is 0 Å². The average Bonchev–Trinajstić information content (AvgIpc) is 2.57. The molecule has 3 nitrogen and oxygen atoms in total. The Balaban J connectivity index is 1.81. The lowest BCUT2D eigenvalue weighted by Gasteiger charge is -2.36. The molecule has 0 aromatic heterocycles. The van der Waals surface area contributed by atoms with Crippen LogP contribution in [0.4, 0.5) is 0 Å². The van der Waals surface area contributed by atoms with Crippen molar-refractivity contribution in [1.82, 2.24) is 5.01 Å². The van der Waals surface area contributed by atoms with E-state index in [0.29, 0.717) is 12.6 Å². The van der Waals surface area contributed by atoms with E-state index in [4.69, 9.17) is 9.84 Å². The molecule has 0 N–H and O–H groups in total. The fourth-order valence-electron chi connectivity index (χ4n) is 2.76. The van der Waals surface area contributed by atoms with Crippen molar-refractivity contribution in [2.75, 3.05) is 6.61 Å². The summed E-state index contributed by atoms with van der Waals surface area (Å²) in [5, 5.41) is 6.94. The highest BCUT2D eigenvalue weighted by atomic mass is 16.5. The molecule has 1 aliphatic rings. The van der Waals surface area contributed by atoms with Crippen molar-refractivity contribution in [1.29, 1.82) is 0 Å². The van der Waals surface area contributed by atoms with Gasteiger partial charge in [0.2, 0.25) is 5.90 Å². The van der Waals surface area contributed by atoms with E-state index in [-0.39, 0.29) is 6.04 Å². The molecule has 0 unspecified atom stereocenters. The second-order valence-corrected chi connectivity index (χ2v) is 5.90. The van der Waals surface area contributed by atoms with Gasteiger partial charge < -0.3 is 4.74 Å². The highest BCUT2D eigenvalue weighted by Crippen LogP contribution is 2.19. The summed E-state index contributed by atoms with van der Waals surface area (Å²) in [7, 11) is 0. The van der Waals surface area contributed by atoms with Crippen molar-refractivity contribution in [2.45, 2.75) is 32.4 Å². The zero-order valence-corrected chi connectivity index (χ0v) is 13.1. The summed E-state index contributed by atoms with van der Waals surface area (Å²) in [5.74, 6) is 0.721. The van der Waals surface area contributed by atoms with E-state index >= 15 is 0 Å². The number of ether oxygens (including phenoxy) is 1. The van der Waals surface area contributed by atoms with Gasteiger partial charge in [0.1, 0.15) is 6.61 Å². The number of benzene rings is 2. The second kappa shape index (κ2) is 6.65. The van der Waals surface area contributed by atoms with E-state index in [1.165, 1.54) is 5.56 Å². The van der Waals surface area contributed by atoms with Crippen LogP contribution in [0.1, 0.15) is 25.0 Å². The van der Waals surface area contributed by atoms with E-state index in [2.05, 4.69) is 43.1 Å². The molecule has 2 aromatic carbocycles. The predicted molar refractivity (Wildman–Crippen MR) is 89.8 cm³/mol. The van der Waals surface area contributed by atoms with E-state index in [0.717, 1.165) is 17.9 Å². The SMILES string of the molecule is CC(C)N1N=C(c2ccccc2)OC[C@@H]1Cc1ccccc1. The molecular formula is C19H22N2O. The van der Waals surface area contributed by atoms with Crippen LogP contribution in [0, 0.1) is 0 Å². The van der Waals surface area contributed by atoms with Gasteiger partial charge >= 0.3 is 0 Å². The fourth-order valence-corrected chi connectivity index (χ4v) is 2.76. The maximum atomic E-state index is 5.94. The molecule has 0 amide bonds. The standard InChI is InChI=1S/C19H22N2O/c1-15(2)21-18(13-16-9-5-3-6-10-16)14-22-19(20-21)17-11-7-4-8-12-17/h3-12,15,18H,13-14H2,1-2H3/t18-/m0/s1. The first kappa shape index (κ1) is 14.6. The van der Waals surface area contributed by atoms with Crippen LogP contribution in [0.25, 0.3) is 0 Å². The molecule has 0 saturated heterocycles. The van der Waals surface area contributed by atoms with Crippen molar-refractivity contribution in [3.05, 3.63) is 71.8 Å². The molecular weight excluding hydrogens is 272 g/mol. The maximum absolute atomic E-state index is 5.94. The van der Waals surface area contributed by atoms with Crippen LogP contribution in [0.3, 0.4) is 0 Å². The van der Waals surface area contributed by atoms with Gasteiger partial charge in [-0.3, -0.25) is 5.01 Å². The number of hydrazone groups is 1. The molecule has 0 spiro atoms. The van der Waals surface area contributed by atoms with Crippen LogP contribution in [0.2, 0.25) is 0 Å². The smallest absolute Gasteiger partial charge is 0.238 e. The first-order chi connectivity index (χ1) is 10.7. The minimum absolute atomic E-state index is 0.273. The fraction of sp³-hybridized carbons (Fsp3) is 0.316. The molecule has 0 radical (unpaired) electrons. The summed E-state index contributed by atoms with van der Waals surface area (Å²) in [5.41, 5.74) is 2.35. The zero-order valence-electron chi connectivity index (χ0n) is 13.1. The van der Waals surface area contributed by atoms with E-state index in [1.54, 1.807) is 0 Å². The van der Waals surface area contributed by atoms with Gasteiger partial charge in [-0.05, 0) is 38.0 Å². The monoisotopic (exact) mass is 294 g/mol. The summed E-state index contributed by atoms with van der Waals surface area (Å²) < 4.78 is 5.94. The Morgan fingerprint density at radius 1 is 1.05 bits per heavy atom. The van der Waals surface area contributed by atoms with Crippen LogP contribution in [0.5, 0.6) is 0 Å². The lowest BCUT2D eigenvalue weighted by molar-refractivity contribution is 0.0726. The molecule has 2 aromatic rings. The highest BCUT2D eigenvalue weighted by Gasteiger charge is 2.27. The molecule has 0 saturated carbocycles. The average molecular weight is 294 g/mol. The van der Waals surface area contributed by atoms with Crippen molar-refractivity contribution < 1.29 is 4.74 Å². The Morgan fingerprint density at radius 3 is 2.32 bits per heavy atom. The molecule has 0 aliphatic carbocycles. The van der Waals surface area contributed by atoms with E-state index < -0.39 is 0 Å². The maximum Gasteiger partial charge on any atom is 0.238 e. The molecule has 1 atom stereocenters. The van der Waals surface area contributed by atoms with Gasteiger partial charge in [0.25, 0.3) is 0 Å². The topological polar surface area (TPSA) is 24.8 Å². The third-order valence-corrected chi connectivity index (χ3v) is 3.86. The molecule has 3 heteroatoms. The third kappa shape index (κ3) is 3.30. The number of nitrogens with zero attached hydrogens (tertiary/aromatic N) is 2. The van der Waals surface area contributed by atoms with E-state index in [1.807, 2.05) is 36.4 Å². The minimum atomic E-state index is 0.273. The Kier molecular flexibility index (Phi) is 4.42. The van der Waals surface area contributed by atoms with Crippen molar-refractivity contribution >= 4 is 5.90 Å². The largest absolute Gasteiger partial charge is 0.474 e. The van der Waals surface area contributed by atoms with Gasteiger partial charge in [-0.1, -0.05) is 48.5 Å². The number of hydrogen-bond acceptors (Lipinski definition) is 3. The van der Waals surface area contributed by atoms with Crippen molar-refractivity contribution in [3.63, 3.8) is 0 Å². The van der Waals surface area contributed by atoms with Gasteiger partial charge in [0.05, 0.1) is 6.04 Å². The lowest BCUT2D eigenvalue weighted by Crippen LogP contribution is -2.45. The summed E-state index contributed by atoms with van der Waals surface area (Å²) in [6.45, 7) is 5.02. The summed E-state index contributed by atoms with van der Waals surface area (Å²) in [4.78, 5) is 0. The van der Waals surface area contributed by atoms with Crippen molar-refractivity contribution in [3.8, 4) is 0 Å². The quantitative estimate of drug-likeness (QED) is 0.859. The highest BCUT2D eigenvalue weighted by molar-refractivity contribution is 5.94. The molecule has 114 valence electrons. The normalized spacial score (nSPS) is 18.0. The van der Waals surface area contributed by atoms with Crippen LogP contribution in [-0.4, -0.2) is 29.6 Å².